The summed E-state index contributed by atoms with van der Waals surface area (Å²) in [6.45, 7) is 5.54. The van der Waals surface area contributed by atoms with Crippen LogP contribution in [0.5, 0.6) is 11.5 Å². The van der Waals surface area contributed by atoms with Crippen molar-refractivity contribution < 1.29 is 31.9 Å². The molecule has 0 saturated carbocycles. The highest BCUT2D eigenvalue weighted by Gasteiger charge is 2.33. The highest BCUT2D eigenvalue weighted by Crippen LogP contribution is 2.26. The molecular formula is C31H38FN3O6S. The molecule has 0 aliphatic carbocycles. The molecule has 0 radical (unpaired) electrons. The van der Waals surface area contributed by atoms with Gasteiger partial charge in [0, 0.05) is 13.1 Å². The minimum absolute atomic E-state index is 0.0312. The highest BCUT2D eigenvalue weighted by molar-refractivity contribution is 7.92. The molecule has 0 bridgehead atoms. The Morgan fingerprint density at radius 1 is 0.929 bits per heavy atom. The van der Waals surface area contributed by atoms with E-state index < -0.39 is 34.3 Å². The Morgan fingerprint density at radius 2 is 1.57 bits per heavy atom. The Morgan fingerprint density at radius 3 is 2.14 bits per heavy atom. The predicted octanol–water partition coefficient (Wildman–Crippen LogP) is 4.62. The van der Waals surface area contributed by atoms with Crippen LogP contribution in [0.25, 0.3) is 0 Å². The lowest BCUT2D eigenvalue weighted by molar-refractivity contribution is -0.140. The second-order valence-electron chi connectivity index (χ2n) is 10.1. The monoisotopic (exact) mass is 599 g/mol. The van der Waals surface area contributed by atoms with Gasteiger partial charge in [0.1, 0.15) is 29.9 Å². The maximum atomic E-state index is 14.1. The van der Waals surface area contributed by atoms with Crippen LogP contribution in [0, 0.1) is 11.7 Å². The molecule has 0 heterocycles. The lowest BCUT2D eigenvalue weighted by Crippen LogP contribution is -2.52. The Labute approximate surface area is 247 Å². The second-order valence-corrected chi connectivity index (χ2v) is 12.0. The number of halogens is 1. The summed E-state index contributed by atoms with van der Waals surface area (Å²) in [5.41, 5.74) is 0.795. The first-order chi connectivity index (χ1) is 20.0. The van der Waals surface area contributed by atoms with Crippen LogP contribution < -0.4 is 19.1 Å². The van der Waals surface area contributed by atoms with Gasteiger partial charge >= 0.3 is 0 Å². The van der Waals surface area contributed by atoms with Crippen molar-refractivity contribution in [3.05, 3.63) is 84.2 Å². The zero-order valence-corrected chi connectivity index (χ0v) is 25.4. The average Bonchev–Trinajstić information content (AvgIpc) is 2.99. The van der Waals surface area contributed by atoms with E-state index in [1.807, 2.05) is 13.8 Å². The van der Waals surface area contributed by atoms with Crippen molar-refractivity contribution in [2.75, 3.05) is 31.6 Å². The first-order valence-corrected chi connectivity index (χ1v) is 15.1. The summed E-state index contributed by atoms with van der Waals surface area (Å²) in [6, 6.07) is 16.8. The van der Waals surface area contributed by atoms with Crippen molar-refractivity contribution in [2.45, 2.75) is 44.7 Å². The number of rotatable bonds is 14. The van der Waals surface area contributed by atoms with E-state index in [0.717, 1.165) is 16.4 Å². The number of nitrogens with one attached hydrogen (secondary N) is 1. The van der Waals surface area contributed by atoms with Crippen molar-refractivity contribution in [3.8, 4) is 11.5 Å². The third kappa shape index (κ3) is 8.22. The number of hydrogen-bond acceptors (Lipinski definition) is 6. The lowest BCUT2D eigenvalue weighted by atomic mass is 10.1. The van der Waals surface area contributed by atoms with Crippen LogP contribution in [0.15, 0.2) is 77.7 Å². The van der Waals surface area contributed by atoms with E-state index in [1.165, 1.54) is 55.5 Å². The molecule has 0 aliphatic heterocycles. The van der Waals surface area contributed by atoms with Gasteiger partial charge in [-0.25, -0.2) is 12.8 Å². The van der Waals surface area contributed by atoms with Crippen LogP contribution in [0.3, 0.4) is 0 Å². The van der Waals surface area contributed by atoms with Gasteiger partial charge in [-0.15, -0.1) is 0 Å². The first-order valence-electron chi connectivity index (χ1n) is 13.6. The van der Waals surface area contributed by atoms with Crippen LogP contribution in [0.4, 0.5) is 10.1 Å². The number of carbonyl (C=O) groups is 2. The number of anilines is 1. The van der Waals surface area contributed by atoms with E-state index in [9.17, 15) is 22.4 Å². The van der Waals surface area contributed by atoms with E-state index in [-0.39, 0.29) is 29.0 Å². The van der Waals surface area contributed by atoms with Crippen molar-refractivity contribution in [1.29, 1.82) is 0 Å². The predicted molar refractivity (Wildman–Crippen MR) is 159 cm³/mol. The molecule has 226 valence electrons. The minimum atomic E-state index is -4.29. The molecule has 1 atom stereocenters. The molecule has 0 aromatic heterocycles. The van der Waals surface area contributed by atoms with Crippen LogP contribution >= 0.6 is 0 Å². The minimum Gasteiger partial charge on any atom is -0.497 e. The third-order valence-electron chi connectivity index (χ3n) is 6.60. The van der Waals surface area contributed by atoms with Crippen LogP contribution in [-0.2, 0) is 26.2 Å². The van der Waals surface area contributed by atoms with Gasteiger partial charge in [0.25, 0.3) is 10.0 Å². The van der Waals surface area contributed by atoms with Gasteiger partial charge in [0.2, 0.25) is 11.8 Å². The Kier molecular flexibility index (Phi) is 11.3. The Hall–Kier alpha value is -4.12. The molecule has 42 heavy (non-hydrogen) atoms. The molecule has 0 saturated heterocycles. The zero-order chi connectivity index (χ0) is 30.9. The standard InChI is InChI=1S/C31H38FN3O6S/c1-6-29(31(37)33-19-22(2)3)34(20-23-8-7-9-27(18-23)41-5)30(36)21-35(25-12-10-24(32)11-13-25)42(38,39)28-16-14-26(40-4)15-17-28/h7-18,22,29H,6,19-21H2,1-5H3,(H,33,37). The first kappa shape index (κ1) is 32.4. The van der Waals surface area contributed by atoms with E-state index in [1.54, 1.807) is 31.2 Å². The van der Waals surface area contributed by atoms with Crippen molar-refractivity contribution >= 4 is 27.5 Å². The Bertz CT molecular complexity index is 1450. The molecule has 0 spiro atoms. The summed E-state index contributed by atoms with van der Waals surface area (Å²) in [6.07, 6.45) is 0.293. The van der Waals surface area contributed by atoms with Gasteiger partial charge in [-0.2, -0.15) is 0 Å². The van der Waals surface area contributed by atoms with Crippen LogP contribution in [-0.4, -0.2) is 58.5 Å². The number of nitrogens with zero attached hydrogens (tertiary/aromatic N) is 2. The van der Waals surface area contributed by atoms with Gasteiger partial charge < -0.3 is 19.7 Å². The fraction of sp³-hybridized carbons (Fsp3) is 0.355. The molecule has 0 aliphatic rings. The maximum absolute atomic E-state index is 14.1. The summed E-state index contributed by atoms with van der Waals surface area (Å²) in [5, 5.41) is 2.89. The topological polar surface area (TPSA) is 105 Å². The van der Waals surface area contributed by atoms with Gasteiger partial charge in [0.15, 0.2) is 0 Å². The molecule has 3 aromatic carbocycles. The van der Waals surface area contributed by atoms with Gasteiger partial charge in [-0.05, 0) is 78.6 Å². The number of amides is 2. The Balaban J connectivity index is 2.05. The molecule has 0 fully saturated rings. The smallest absolute Gasteiger partial charge is 0.264 e. The van der Waals surface area contributed by atoms with Crippen molar-refractivity contribution in [2.24, 2.45) is 5.92 Å². The second kappa shape index (κ2) is 14.7. The van der Waals surface area contributed by atoms with E-state index >= 15 is 0 Å². The maximum Gasteiger partial charge on any atom is 0.264 e. The summed E-state index contributed by atoms with van der Waals surface area (Å²) in [7, 11) is -1.30. The number of hydrogen-bond donors (Lipinski definition) is 1. The van der Waals surface area contributed by atoms with Gasteiger partial charge in [0.05, 0.1) is 24.8 Å². The van der Waals surface area contributed by atoms with Crippen LogP contribution in [0.2, 0.25) is 0 Å². The fourth-order valence-electron chi connectivity index (χ4n) is 4.32. The van der Waals surface area contributed by atoms with E-state index in [4.69, 9.17) is 9.47 Å². The summed E-state index contributed by atoms with van der Waals surface area (Å²) in [4.78, 5) is 28.7. The average molecular weight is 600 g/mol. The molecule has 2 amide bonds. The number of benzene rings is 3. The SMILES string of the molecule is CCC(C(=O)NCC(C)C)N(Cc1cccc(OC)c1)C(=O)CN(c1ccc(F)cc1)S(=O)(=O)c1ccc(OC)cc1. The molecular weight excluding hydrogens is 561 g/mol. The summed E-state index contributed by atoms with van der Waals surface area (Å²) in [5.74, 6) is -0.273. The number of sulfonamides is 1. The molecule has 11 heteroatoms. The van der Waals surface area contributed by atoms with Gasteiger partial charge in [-0.1, -0.05) is 32.9 Å². The highest BCUT2D eigenvalue weighted by atomic mass is 32.2. The van der Waals surface area contributed by atoms with Crippen molar-refractivity contribution in [3.63, 3.8) is 0 Å². The fourth-order valence-corrected chi connectivity index (χ4v) is 5.73. The summed E-state index contributed by atoms with van der Waals surface area (Å²) < 4.78 is 53.0. The normalized spacial score (nSPS) is 12.0. The van der Waals surface area contributed by atoms with Crippen LogP contribution in [0.1, 0.15) is 32.8 Å². The lowest BCUT2D eigenvalue weighted by Gasteiger charge is -2.33. The molecule has 3 aromatic rings. The largest absolute Gasteiger partial charge is 0.497 e. The summed E-state index contributed by atoms with van der Waals surface area (Å²) >= 11 is 0. The number of methoxy groups -OCH3 is 2. The number of carbonyl (C=O) groups excluding carboxylic acids is 2. The molecule has 1 unspecified atom stereocenters. The molecule has 3 rings (SSSR count). The van der Waals surface area contributed by atoms with E-state index in [0.29, 0.717) is 30.0 Å². The van der Waals surface area contributed by atoms with Crippen molar-refractivity contribution in [1.82, 2.24) is 10.2 Å². The van der Waals surface area contributed by atoms with Gasteiger partial charge in [-0.3, -0.25) is 13.9 Å². The third-order valence-corrected chi connectivity index (χ3v) is 8.39. The van der Waals surface area contributed by atoms with E-state index in [2.05, 4.69) is 5.32 Å². The quantitative estimate of drug-likeness (QED) is 0.290. The number of ether oxygens (including phenoxy) is 2. The molecule has 1 N–H and O–H groups in total. The molecule has 9 nitrogen and oxygen atoms in total. The zero-order valence-electron chi connectivity index (χ0n) is 24.5.